The van der Waals surface area contributed by atoms with E-state index in [4.69, 9.17) is 0 Å². The molecule has 3 unspecified atom stereocenters. The molecule has 1 aliphatic carbocycles. The third kappa shape index (κ3) is 4.40. The number of nitrogens with zero attached hydrogens (tertiary/aromatic N) is 1. The van der Waals surface area contributed by atoms with E-state index in [1.54, 1.807) is 0 Å². The molecule has 3 heteroatoms. The summed E-state index contributed by atoms with van der Waals surface area (Å²) >= 11 is 0. The number of likely N-dealkylation sites (N-methyl/N-ethyl adjacent to an activating group) is 1. The van der Waals surface area contributed by atoms with Crippen LogP contribution in [0.25, 0.3) is 0 Å². The molecular formula is C13H28N2O. The molecule has 0 aromatic heterocycles. The Morgan fingerprint density at radius 2 is 2.06 bits per heavy atom. The number of hydrogen-bond acceptors (Lipinski definition) is 3. The van der Waals surface area contributed by atoms with Crippen LogP contribution in [0, 0.1) is 0 Å². The molecule has 0 spiro atoms. The Morgan fingerprint density at radius 1 is 1.38 bits per heavy atom. The maximum absolute atomic E-state index is 9.81. The van der Waals surface area contributed by atoms with Crippen molar-refractivity contribution < 1.29 is 5.11 Å². The Balaban J connectivity index is 2.14. The zero-order valence-corrected chi connectivity index (χ0v) is 11.1. The van der Waals surface area contributed by atoms with Crippen molar-refractivity contribution in [2.75, 3.05) is 20.1 Å². The second-order valence-corrected chi connectivity index (χ2v) is 5.15. The highest BCUT2D eigenvalue weighted by atomic mass is 16.3. The van der Waals surface area contributed by atoms with Crippen molar-refractivity contribution >= 4 is 0 Å². The Morgan fingerprint density at radius 3 is 2.69 bits per heavy atom. The van der Waals surface area contributed by atoms with Crippen molar-refractivity contribution in [2.24, 2.45) is 0 Å². The first-order valence-electron chi connectivity index (χ1n) is 6.76. The summed E-state index contributed by atoms with van der Waals surface area (Å²) in [6.07, 6.45) is 5.63. The molecule has 16 heavy (non-hydrogen) atoms. The maximum Gasteiger partial charge on any atom is 0.0693 e. The van der Waals surface area contributed by atoms with Crippen LogP contribution in [0.2, 0.25) is 0 Å². The molecule has 0 aliphatic heterocycles. The summed E-state index contributed by atoms with van der Waals surface area (Å²) in [6, 6.07) is 0.983. The fourth-order valence-electron chi connectivity index (χ4n) is 2.31. The minimum absolute atomic E-state index is 0.123. The Hall–Kier alpha value is -0.120. The van der Waals surface area contributed by atoms with E-state index in [1.807, 2.05) is 0 Å². The van der Waals surface area contributed by atoms with Crippen LogP contribution in [0.3, 0.4) is 0 Å². The first-order valence-corrected chi connectivity index (χ1v) is 6.76. The summed E-state index contributed by atoms with van der Waals surface area (Å²) in [5.41, 5.74) is 0. The second-order valence-electron chi connectivity index (χ2n) is 5.15. The summed E-state index contributed by atoms with van der Waals surface area (Å²) in [7, 11) is 2.17. The molecule has 1 fully saturated rings. The summed E-state index contributed by atoms with van der Waals surface area (Å²) in [5.74, 6) is 0. The molecule has 96 valence electrons. The molecule has 1 saturated carbocycles. The van der Waals surface area contributed by atoms with Gasteiger partial charge in [0.2, 0.25) is 0 Å². The van der Waals surface area contributed by atoms with E-state index < -0.39 is 0 Å². The second kappa shape index (κ2) is 7.25. The Labute approximate surface area is 100 Å². The molecule has 2 N–H and O–H groups in total. The molecular weight excluding hydrogens is 200 g/mol. The molecule has 0 aromatic rings. The predicted octanol–water partition coefficient (Wildman–Crippen LogP) is 1.61. The van der Waals surface area contributed by atoms with Crippen LogP contribution in [0.5, 0.6) is 0 Å². The van der Waals surface area contributed by atoms with Gasteiger partial charge in [0.25, 0.3) is 0 Å². The summed E-state index contributed by atoms with van der Waals surface area (Å²) in [6.45, 7) is 6.54. The highest BCUT2D eigenvalue weighted by Gasteiger charge is 2.22. The lowest BCUT2D eigenvalue weighted by atomic mass is 9.93. The molecule has 0 saturated heterocycles. The number of aliphatic hydroxyl groups is 1. The van der Waals surface area contributed by atoms with Crippen molar-refractivity contribution in [2.45, 2.75) is 64.1 Å². The molecule has 0 radical (unpaired) electrons. The van der Waals surface area contributed by atoms with E-state index in [2.05, 4.69) is 31.1 Å². The molecule has 0 aromatic carbocycles. The van der Waals surface area contributed by atoms with Crippen LogP contribution in [0.4, 0.5) is 0 Å². The van der Waals surface area contributed by atoms with Gasteiger partial charge in [-0.15, -0.1) is 0 Å². The van der Waals surface area contributed by atoms with Gasteiger partial charge in [-0.1, -0.05) is 19.8 Å². The Bertz CT molecular complexity index is 187. The minimum Gasteiger partial charge on any atom is -0.392 e. The average molecular weight is 228 g/mol. The number of nitrogens with one attached hydrogen (secondary N) is 1. The van der Waals surface area contributed by atoms with Gasteiger partial charge in [-0.3, -0.25) is 0 Å². The first kappa shape index (κ1) is 13.9. The average Bonchev–Trinajstić information content (AvgIpc) is 2.30. The molecule has 0 heterocycles. The van der Waals surface area contributed by atoms with Gasteiger partial charge in [0.05, 0.1) is 6.10 Å². The Kier molecular flexibility index (Phi) is 6.32. The van der Waals surface area contributed by atoms with Crippen molar-refractivity contribution in [3.63, 3.8) is 0 Å². The smallest absolute Gasteiger partial charge is 0.0693 e. The van der Waals surface area contributed by atoms with Crippen molar-refractivity contribution in [3.8, 4) is 0 Å². The lowest BCUT2D eigenvalue weighted by molar-refractivity contribution is 0.0890. The summed E-state index contributed by atoms with van der Waals surface area (Å²) < 4.78 is 0. The van der Waals surface area contributed by atoms with Gasteiger partial charge in [-0.05, 0) is 33.2 Å². The van der Waals surface area contributed by atoms with Crippen LogP contribution >= 0.6 is 0 Å². The quantitative estimate of drug-likeness (QED) is 0.725. The van der Waals surface area contributed by atoms with Gasteiger partial charge in [0.15, 0.2) is 0 Å². The van der Waals surface area contributed by atoms with Gasteiger partial charge in [-0.25, -0.2) is 0 Å². The molecule has 3 nitrogen and oxygen atoms in total. The summed E-state index contributed by atoms with van der Waals surface area (Å²) in [5, 5.41) is 13.3. The SMILES string of the molecule is CCC(C)N(C)CCNC1CCCCC1O. The molecule has 1 aliphatic rings. The zero-order valence-electron chi connectivity index (χ0n) is 11.1. The van der Waals surface area contributed by atoms with Crippen LogP contribution in [0.15, 0.2) is 0 Å². The van der Waals surface area contributed by atoms with Gasteiger partial charge in [0.1, 0.15) is 0 Å². The largest absolute Gasteiger partial charge is 0.392 e. The van der Waals surface area contributed by atoms with Crippen LogP contribution < -0.4 is 5.32 Å². The lowest BCUT2D eigenvalue weighted by Crippen LogP contribution is -2.45. The molecule has 0 amide bonds. The molecule has 0 bridgehead atoms. The standard InChI is InChI=1S/C13H28N2O/c1-4-11(2)15(3)10-9-14-12-7-5-6-8-13(12)16/h11-14,16H,4-10H2,1-3H3. The number of rotatable bonds is 6. The highest BCUT2D eigenvalue weighted by Crippen LogP contribution is 2.18. The first-order chi connectivity index (χ1) is 7.65. The lowest BCUT2D eigenvalue weighted by Gasteiger charge is -2.30. The van der Waals surface area contributed by atoms with E-state index in [0.717, 1.165) is 25.9 Å². The third-order valence-electron chi connectivity index (χ3n) is 3.94. The van der Waals surface area contributed by atoms with Crippen LogP contribution in [0.1, 0.15) is 46.0 Å². The maximum atomic E-state index is 9.81. The monoisotopic (exact) mass is 228 g/mol. The topological polar surface area (TPSA) is 35.5 Å². The van der Waals surface area contributed by atoms with Crippen molar-refractivity contribution in [1.82, 2.24) is 10.2 Å². The highest BCUT2D eigenvalue weighted by molar-refractivity contribution is 4.80. The molecule has 3 atom stereocenters. The summed E-state index contributed by atoms with van der Waals surface area (Å²) in [4.78, 5) is 2.38. The van der Waals surface area contributed by atoms with Gasteiger partial charge in [0, 0.05) is 25.2 Å². The minimum atomic E-state index is -0.123. The van der Waals surface area contributed by atoms with Crippen LogP contribution in [-0.2, 0) is 0 Å². The zero-order chi connectivity index (χ0) is 12.0. The molecule has 1 rings (SSSR count). The number of aliphatic hydroxyl groups excluding tert-OH is 1. The van der Waals surface area contributed by atoms with Crippen molar-refractivity contribution in [1.29, 1.82) is 0 Å². The van der Waals surface area contributed by atoms with E-state index in [9.17, 15) is 5.11 Å². The van der Waals surface area contributed by atoms with Crippen molar-refractivity contribution in [3.05, 3.63) is 0 Å². The van der Waals surface area contributed by atoms with E-state index >= 15 is 0 Å². The van der Waals surface area contributed by atoms with Crippen LogP contribution in [-0.4, -0.2) is 48.3 Å². The van der Waals surface area contributed by atoms with Gasteiger partial charge >= 0.3 is 0 Å². The van der Waals surface area contributed by atoms with E-state index in [-0.39, 0.29) is 6.10 Å². The predicted molar refractivity (Wildman–Crippen MR) is 68.6 cm³/mol. The van der Waals surface area contributed by atoms with Gasteiger partial charge in [-0.2, -0.15) is 0 Å². The van der Waals surface area contributed by atoms with Gasteiger partial charge < -0.3 is 15.3 Å². The van der Waals surface area contributed by atoms with E-state index in [0.29, 0.717) is 12.1 Å². The fourth-order valence-corrected chi connectivity index (χ4v) is 2.31. The van der Waals surface area contributed by atoms with E-state index in [1.165, 1.54) is 19.3 Å². The number of hydrogen-bond donors (Lipinski definition) is 2. The third-order valence-corrected chi connectivity index (χ3v) is 3.94. The normalized spacial score (nSPS) is 28.3. The fraction of sp³-hybridized carbons (Fsp3) is 1.00.